The average Bonchev–Trinajstić information content (AvgIpc) is 2.50. The maximum Gasteiger partial charge on any atom is 0.0991 e. The van der Waals surface area contributed by atoms with Gasteiger partial charge in [-0.3, -0.25) is 0 Å². The molecule has 0 heterocycles. The molecule has 0 aliphatic rings. The fourth-order valence-corrected chi connectivity index (χ4v) is 1.45. The van der Waals surface area contributed by atoms with E-state index < -0.39 is 0 Å². The number of nitrogens with zero attached hydrogens (tertiary/aromatic N) is 1. The minimum absolute atomic E-state index is 0.527. The molecule has 0 unspecified atom stereocenters. The van der Waals surface area contributed by atoms with Crippen molar-refractivity contribution in [2.75, 3.05) is 46.8 Å². The number of hydrogen-bond acceptors (Lipinski definition) is 5. The van der Waals surface area contributed by atoms with Crippen molar-refractivity contribution in [2.24, 2.45) is 0 Å². The van der Waals surface area contributed by atoms with Crippen molar-refractivity contribution < 1.29 is 18.9 Å². The molecule has 5 heteroatoms. The van der Waals surface area contributed by atoms with Gasteiger partial charge in [0.25, 0.3) is 0 Å². The van der Waals surface area contributed by atoms with E-state index in [1.807, 2.05) is 12.1 Å². The third kappa shape index (κ3) is 7.87. The Morgan fingerprint density at radius 2 is 1.40 bits per heavy atom. The molecule has 0 spiro atoms. The molecule has 0 aliphatic heterocycles. The van der Waals surface area contributed by atoms with Gasteiger partial charge in [-0.15, -0.1) is 0 Å². The second-order valence-electron chi connectivity index (χ2n) is 4.08. The van der Waals surface area contributed by atoms with Crippen molar-refractivity contribution in [3.05, 3.63) is 35.4 Å². The number of hydrogen-bond donors (Lipinski definition) is 0. The Hall–Kier alpha value is -1.45. The van der Waals surface area contributed by atoms with Crippen LogP contribution in [0.3, 0.4) is 0 Å². The number of nitriles is 1. The van der Waals surface area contributed by atoms with Gasteiger partial charge in [-0.1, -0.05) is 12.1 Å². The molecule has 1 rings (SSSR count). The highest BCUT2D eigenvalue weighted by molar-refractivity contribution is 5.31. The van der Waals surface area contributed by atoms with E-state index in [9.17, 15) is 0 Å². The second kappa shape index (κ2) is 11.4. The van der Waals surface area contributed by atoms with Gasteiger partial charge in [0.05, 0.1) is 57.9 Å². The topological polar surface area (TPSA) is 60.7 Å². The Morgan fingerprint density at radius 3 is 1.95 bits per heavy atom. The summed E-state index contributed by atoms with van der Waals surface area (Å²) in [5.74, 6) is 0. The number of benzene rings is 1. The van der Waals surface area contributed by atoms with Crippen LogP contribution in [0.2, 0.25) is 0 Å². The smallest absolute Gasteiger partial charge is 0.0991 e. The van der Waals surface area contributed by atoms with Gasteiger partial charge in [0, 0.05) is 7.11 Å². The number of methoxy groups -OCH3 is 1. The first-order chi connectivity index (χ1) is 9.86. The van der Waals surface area contributed by atoms with Gasteiger partial charge < -0.3 is 18.9 Å². The van der Waals surface area contributed by atoms with Crippen LogP contribution in [0.15, 0.2) is 24.3 Å². The van der Waals surface area contributed by atoms with Gasteiger partial charge in [-0.2, -0.15) is 5.26 Å². The predicted molar refractivity (Wildman–Crippen MR) is 74.3 cm³/mol. The molecule has 20 heavy (non-hydrogen) atoms. The lowest BCUT2D eigenvalue weighted by Crippen LogP contribution is -2.11. The Bertz CT molecular complexity index is 386. The van der Waals surface area contributed by atoms with Crippen molar-refractivity contribution in [3.8, 4) is 6.07 Å². The van der Waals surface area contributed by atoms with Crippen LogP contribution in [-0.4, -0.2) is 46.8 Å². The van der Waals surface area contributed by atoms with Crippen molar-refractivity contribution >= 4 is 0 Å². The van der Waals surface area contributed by atoms with Crippen molar-refractivity contribution in [2.45, 2.75) is 6.61 Å². The molecule has 0 atom stereocenters. The van der Waals surface area contributed by atoms with Crippen LogP contribution < -0.4 is 0 Å². The fraction of sp³-hybridized carbons (Fsp3) is 0.533. The molecule has 5 nitrogen and oxygen atoms in total. The lowest BCUT2D eigenvalue weighted by molar-refractivity contribution is 0.000869. The van der Waals surface area contributed by atoms with E-state index in [0.29, 0.717) is 51.8 Å². The summed E-state index contributed by atoms with van der Waals surface area (Å²) in [6.07, 6.45) is 0. The molecule has 110 valence electrons. The molecule has 0 aromatic heterocycles. The van der Waals surface area contributed by atoms with Crippen LogP contribution in [0, 0.1) is 11.3 Å². The Labute approximate surface area is 120 Å². The zero-order chi connectivity index (χ0) is 14.5. The summed E-state index contributed by atoms with van der Waals surface area (Å²) in [6, 6.07) is 9.43. The first-order valence-corrected chi connectivity index (χ1v) is 6.58. The van der Waals surface area contributed by atoms with E-state index in [1.165, 1.54) is 0 Å². The largest absolute Gasteiger partial charge is 0.382 e. The molecule has 0 N–H and O–H groups in total. The van der Waals surface area contributed by atoms with Crippen LogP contribution in [-0.2, 0) is 25.6 Å². The molecule has 1 aromatic rings. The van der Waals surface area contributed by atoms with Crippen molar-refractivity contribution in [1.29, 1.82) is 5.26 Å². The zero-order valence-electron chi connectivity index (χ0n) is 11.8. The minimum atomic E-state index is 0.527. The molecular weight excluding hydrogens is 258 g/mol. The summed E-state index contributed by atoms with van der Waals surface area (Å²) >= 11 is 0. The normalized spacial score (nSPS) is 10.4. The van der Waals surface area contributed by atoms with Gasteiger partial charge >= 0.3 is 0 Å². The Morgan fingerprint density at radius 1 is 0.850 bits per heavy atom. The number of ether oxygens (including phenoxy) is 4. The quantitative estimate of drug-likeness (QED) is 0.578. The van der Waals surface area contributed by atoms with E-state index in [-0.39, 0.29) is 0 Å². The van der Waals surface area contributed by atoms with Crippen LogP contribution in [0.25, 0.3) is 0 Å². The van der Waals surface area contributed by atoms with Gasteiger partial charge in [0.2, 0.25) is 0 Å². The first kappa shape index (κ1) is 16.6. The Balaban J connectivity index is 1.93. The van der Waals surface area contributed by atoms with Crippen molar-refractivity contribution in [3.63, 3.8) is 0 Å². The molecule has 0 saturated carbocycles. The summed E-state index contributed by atoms with van der Waals surface area (Å²) in [6.45, 7) is 3.94. The highest BCUT2D eigenvalue weighted by atomic mass is 16.6. The molecule has 0 aliphatic carbocycles. The molecule has 0 fully saturated rings. The van der Waals surface area contributed by atoms with E-state index in [1.54, 1.807) is 19.2 Å². The SMILES string of the molecule is COCCOCCOCCOCc1ccc(C#N)cc1. The monoisotopic (exact) mass is 279 g/mol. The molecule has 1 aromatic carbocycles. The summed E-state index contributed by atoms with van der Waals surface area (Å²) in [7, 11) is 1.64. The van der Waals surface area contributed by atoms with E-state index >= 15 is 0 Å². The summed E-state index contributed by atoms with van der Waals surface area (Å²) in [4.78, 5) is 0. The van der Waals surface area contributed by atoms with Crippen LogP contribution in [0.5, 0.6) is 0 Å². The van der Waals surface area contributed by atoms with Crippen molar-refractivity contribution in [1.82, 2.24) is 0 Å². The van der Waals surface area contributed by atoms with E-state index in [2.05, 4.69) is 6.07 Å². The molecule has 0 amide bonds. The zero-order valence-corrected chi connectivity index (χ0v) is 11.8. The maximum atomic E-state index is 8.68. The molecule has 0 bridgehead atoms. The third-order valence-electron chi connectivity index (χ3n) is 2.53. The van der Waals surface area contributed by atoms with E-state index in [4.69, 9.17) is 24.2 Å². The molecule has 0 saturated heterocycles. The average molecular weight is 279 g/mol. The van der Waals surface area contributed by atoms with Gasteiger partial charge in [0.1, 0.15) is 0 Å². The fourth-order valence-electron chi connectivity index (χ4n) is 1.45. The molecule has 0 radical (unpaired) electrons. The standard InChI is InChI=1S/C15H21NO4/c1-17-6-7-18-8-9-19-10-11-20-13-15-4-2-14(12-16)3-5-15/h2-5H,6-11,13H2,1H3. The summed E-state index contributed by atoms with van der Waals surface area (Å²) < 4.78 is 20.9. The first-order valence-electron chi connectivity index (χ1n) is 6.58. The maximum absolute atomic E-state index is 8.68. The third-order valence-corrected chi connectivity index (χ3v) is 2.53. The van der Waals surface area contributed by atoms with Gasteiger partial charge in [0.15, 0.2) is 0 Å². The van der Waals surface area contributed by atoms with Gasteiger partial charge in [-0.25, -0.2) is 0 Å². The second-order valence-corrected chi connectivity index (χ2v) is 4.08. The highest BCUT2D eigenvalue weighted by Crippen LogP contribution is 2.04. The lowest BCUT2D eigenvalue weighted by atomic mass is 10.2. The van der Waals surface area contributed by atoms with Gasteiger partial charge in [-0.05, 0) is 17.7 Å². The number of rotatable bonds is 11. The van der Waals surface area contributed by atoms with Crippen LogP contribution in [0.4, 0.5) is 0 Å². The van der Waals surface area contributed by atoms with Crippen LogP contribution >= 0.6 is 0 Å². The highest BCUT2D eigenvalue weighted by Gasteiger charge is 1.95. The lowest BCUT2D eigenvalue weighted by Gasteiger charge is -2.06. The van der Waals surface area contributed by atoms with Crippen LogP contribution in [0.1, 0.15) is 11.1 Å². The summed E-state index contributed by atoms with van der Waals surface area (Å²) in [5, 5.41) is 8.68. The molecular formula is C15H21NO4. The minimum Gasteiger partial charge on any atom is -0.382 e. The van der Waals surface area contributed by atoms with E-state index in [0.717, 1.165) is 5.56 Å². The summed E-state index contributed by atoms with van der Waals surface area (Å²) in [5.41, 5.74) is 1.71. The predicted octanol–water partition coefficient (Wildman–Crippen LogP) is 1.75. The Kier molecular flexibility index (Phi) is 9.45.